The number of ether oxygens (including phenoxy) is 1. The van der Waals surface area contributed by atoms with E-state index in [1.54, 1.807) is 0 Å². The molecule has 0 fully saturated rings. The lowest BCUT2D eigenvalue weighted by Crippen LogP contribution is -2.16. The lowest BCUT2D eigenvalue weighted by Gasteiger charge is -2.08. The Labute approximate surface area is 89.6 Å². The summed E-state index contributed by atoms with van der Waals surface area (Å²) in [6.45, 7) is 16.0. The molecule has 0 rings (SSSR count). The summed E-state index contributed by atoms with van der Waals surface area (Å²) < 4.78 is 5.40. The molecule has 0 unspecified atom stereocenters. The van der Waals surface area contributed by atoms with Crippen LogP contribution < -0.4 is 0 Å². The van der Waals surface area contributed by atoms with Crippen molar-refractivity contribution < 1.29 is 4.74 Å². The van der Waals surface area contributed by atoms with E-state index in [4.69, 9.17) is 4.74 Å². The molecule has 80 valence electrons. The molecule has 0 saturated carbocycles. The van der Waals surface area contributed by atoms with Crippen LogP contribution in [0.15, 0.2) is 12.2 Å². The summed E-state index contributed by atoms with van der Waals surface area (Å²) in [6.07, 6.45) is 0. The van der Waals surface area contributed by atoms with Gasteiger partial charge in [-0.25, -0.2) is 0 Å². The Balaban J connectivity index is 3.65. The van der Waals surface area contributed by atoms with Gasteiger partial charge in [-0.3, -0.25) is 0 Å². The predicted molar refractivity (Wildman–Crippen MR) is 65.9 cm³/mol. The molecule has 0 aliphatic heterocycles. The first-order valence-electron chi connectivity index (χ1n) is 5.08. The van der Waals surface area contributed by atoms with Crippen molar-refractivity contribution in [3.05, 3.63) is 12.2 Å². The molecule has 0 amide bonds. The van der Waals surface area contributed by atoms with E-state index in [0.717, 1.165) is 5.57 Å². The molecule has 0 heterocycles. The second-order valence-corrected chi connectivity index (χ2v) is 9.61. The van der Waals surface area contributed by atoms with Crippen LogP contribution in [0.25, 0.3) is 0 Å². The van der Waals surface area contributed by atoms with Gasteiger partial charge in [0.25, 0.3) is 0 Å². The van der Waals surface area contributed by atoms with Gasteiger partial charge in [-0.15, -0.1) is 5.54 Å². The minimum Gasteiger partial charge on any atom is -0.364 e. The largest absolute Gasteiger partial charge is 0.364 e. The van der Waals surface area contributed by atoms with E-state index >= 15 is 0 Å². The van der Waals surface area contributed by atoms with Gasteiger partial charge in [0, 0.05) is 0 Å². The molecule has 0 aliphatic rings. The van der Waals surface area contributed by atoms with Crippen LogP contribution in [0.1, 0.15) is 13.8 Å². The first-order valence-corrected chi connectivity index (χ1v) is 8.58. The fourth-order valence-corrected chi connectivity index (χ4v) is 1.30. The third-order valence-corrected chi connectivity index (χ3v) is 2.67. The maximum Gasteiger partial charge on any atom is 0.129 e. The maximum absolute atomic E-state index is 5.40. The summed E-state index contributed by atoms with van der Waals surface area (Å²) in [5, 5.41) is 0. The highest BCUT2D eigenvalue weighted by Gasteiger charge is 2.06. The van der Waals surface area contributed by atoms with Crippen molar-refractivity contribution >= 4 is 8.07 Å². The van der Waals surface area contributed by atoms with Gasteiger partial charge in [0.1, 0.15) is 14.7 Å². The molecule has 0 aromatic rings. The Bertz CT molecular complexity index is 237. The summed E-state index contributed by atoms with van der Waals surface area (Å²) in [7, 11) is -1.22. The normalized spacial score (nSPS) is 11.0. The molecule has 0 atom stereocenters. The highest BCUT2D eigenvalue weighted by Crippen LogP contribution is 2.05. The molecule has 0 bridgehead atoms. The van der Waals surface area contributed by atoms with Gasteiger partial charge in [-0.2, -0.15) is 0 Å². The lowest BCUT2D eigenvalue weighted by atomic mass is 10.1. The van der Waals surface area contributed by atoms with Crippen LogP contribution in [0, 0.1) is 17.4 Å². The summed E-state index contributed by atoms with van der Waals surface area (Å²) >= 11 is 0. The number of hydrogen-bond donors (Lipinski definition) is 0. The average molecular weight is 210 g/mol. The standard InChI is InChI=1S/C12H22OSi/c1-11(2)12(3)10-13-8-7-9-14(4,5)6/h11H,3,8,10H2,1-2,4-6H3. The Morgan fingerprint density at radius 2 is 1.93 bits per heavy atom. The predicted octanol–water partition coefficient (Wildman–Crippen LogP) is 3.10. The first kappa shape index (κ1) is 13.5. The molecular weight excluding hydrogens is 188 g/mol. The van der Waals surface area contributed by atoms with Gasteiger partial charge < -0.3 is 4.74 Å². The van der Waals surface area contributed by atoms with E-state index in [9.17, 15) is 0 Å². The van der Waals surface area contributed by atoms with E-state index in [2.05, 4.69) is 51.5 Å². The molecule has 14 heavy (non-hydrogen) atoms. The Kier molecular flexibility index (Phi) is 5.83. The van der Waals surface area contributed by atoms with Crippen molar-refractivity contribution in [2.24, 2.45) is 5.92 Å². The van der Waals surface area contributed by atoms with Crippen molar-refractivity contribution in [2.45, 2.75) is 33.5 Å². The smallest absolute Gasteiger partial charge is 0.129 e. The minimum atomic E-state index is -1.22. The van der Waals surface area contributed by atoms with Crippen LogP contribution in [-0.2, 0) is 4.74 Å². The molecule has 0 spiro atoms. The zero-order chi connectivity index (χ0) is 11.2. The molecule has 0 aromatic heterocycles. The van der Waals surface area contributed by atoms with Crippen LogP contribution in [0.4, 0.5) is 0 Å². The fourth-order valence-electron chi connectivity index (χ4n) is 0.701. The SMILES string of the molecule is C=C(COCC#C[Si](C)(C)C)C(C)C. The quantitative estimate of drug-likeness (QED) is 0.300. The molecule has 0 aliphatic carbocycles. The Hall–Kier alpha value is -0.523. The zero-order valence-corrected chi connectivity index (χ0v) is 11.1. The zero-order valence-electron chi connectivity index (χ0n) is 10.1. The van der Waals surface area contributed by atoms with Crippen molar-refractivity contribution in [1.29, 1.82) is 0 Å². The Morgan fingerprint density at radius 3 is 2.36 bits per heavy atom. The van der Waals surface area contributed by atoms with E-state index in [-0.39, 0.29) is 0 Å². The van der Waals surface area contributed by atoms with Crippen molar-refractivity contribution in [2.75, 3.05) is 13.2 Å². The van der Waals surface area contributed by atoms with Crippen molar-refractivity contribution in [3.63, 3.8) is 0 Å². The van der Waals surface area contributed by atoms with E-state index in [1.807, 2.05) is 0 Å². The highest BCUT2D eigenvalue weighted by atomic mass is 28.3. The first-order chi connectivity index (χ1) is 6.33. The van der Waals surface area contributed by atoms with Crippen LogP contribution in [0.2, 0.25) is 19.6 Å². The summed E-state index contributed by atoms with van der Waals surface area (Å²) in [4.78, 5) is 0. The lowest BCUT2D eigenvalue weighted by molar-refractivity contribution is 0.186. The van der Waals surface area contributed by atoms with Crippen molar-refractivity contribution in [3.8, 4) is 11.5 Å². The number of hydrogen-bond acceptors (Lipinski definition) is 1. The third-order valence-electron chi connectivity index (χ3n) is 1.74. The fraction of sp³-hybridized carbons (Fsp3) is 0.667. The van der Waals surface area contributed by atoms with Gasteiger partial charge in [-0.05, 0) is 11.5 Å². The van der Waals surface area contributed by atoms with Gasteiger partial charge in [0.15, 0.2) is 0 Å². The monoisotopic (exact) mass is 210 g/mol. The van der Waals surface area contributed by atoms with Crippen LogP contribution >= 0.6 is 0 Å². The summed E-state index contributed by atoms with van der Waals surface area (Å²) in [5.74, 6) is 3.57. The second kappa shape index (κ2) is 6.05. The van der Waals surface area contributed by atoms with Crippen LogP contribution in [0.3, 0.4) is 0 Å². The van der Waals surface area contributed by atoms with Gasteiger partial charge >= 0.3 is 0 Å². The molecule has 0 saturated heterocycles. The molecule has 0 radical (unpaired) electrons. The van der Waals surface area contributed by atoms with Gasteiger partial charge in [-0.1, -0.05) is 46.0 Å². The Morgan fingerprint density at radius 1 is 1.36 bits per heavy atom. The maximum atomic E-state index is 5.40. The summed E-state index contributed by atoms with van der Waals surface area (Å²) in [5.41, 5.74) is 4.40. The highest BCUT2D eigenvalue weighted by molar-refractivity contribution is 6.83. The molecule has 1 nitrogen and oxygen atoms in total. The van der Waals surface area contributed by atoms with Gasteiger partial charge in [0.05, 0.1) is 6.61 Å². The van der Waals surface area contributed by atoms with Crippen molar-refractivity contribution in [1.82, 2.24) is 0 Å². The number of rotatable bonds is 4. The van der Waals surface area contributed by atoms with E-state index in [1.165, 1.54) is 0 Å². The van der Waals surface area contributed by atoms with Crippen LogP contribution in [0.5, 0.6) is 0 Å². The minimum absolute atomic E-state index is 0.500. The second-order valence-electron chi connectivity index (χ2n) is 4.86. The third kappa shape index (κ3) is 8.09. The van der Waals surface area contributed by atoms with E-state index < -0.39 is 8.07 Å². The topological polar surface area (TPSA) is 9.23 Å². The van der Waals surface area contributed by atoms with Gasteiger partial charge in [0.2, 0.25) is 0 Å². The summed E-state index contributed by atoms with van der Waals surface area (Å²) in [6, 6.07) is 0. The molecular formula is C12H22OSi. The molecule has 2 heteroatoms. The molecule has 0 N–H and O–H groups in total. The van der Waals surface area contributed by atoms with Crippen LogP contribution in [-0.4, -0.2) is 21.3 Å². The molecule has 0 aromatic carbocycles. The average Bonchev–Trinajstić information content (AvgIpc) is 2.01. The van der Waals surface area contributed by atoms with E-state index in [0.29, 0.717) is 19.1 Å².